The summed E-state index contributed by atoms with van der Waals surface area (Å²) >= 11 is 8.09. The van der Waals surface area contributed by atoms with Gasteiger partial charge in [-0.1, -0.05) is 11.6 Å². The molecule has 0 atom stereocenters. The lowest BCUT2D eigenvalue weighted by molar-refractivity contribution is -0.137. The molecule has 0 amide bonds. The Morgan fingerprint density at radius 2 is 2.29 bits per heavy atom. The normalized spacial score (nSPS) is 10.5. The predicted octanol–water partition coefficient (Wildman–Crippen LogP) is 1.68. The Labute approximate surface area is 115 Å². The monoisotopic (exact) mass is 364 g/mol. The van der Waals surface area contributed by atoms with Gasteiger partial charge in [0.15, 0.2) is 5.82 Å². The van der Waals surface area contributed by atoms with Crippen molar-refractivity contribution in [3.63, 3.8) is 0 Å². The zero-order valence-electron chi connectivity index (χ0n) is 8.34. The third-order valence-corrected chi connectivity index (χ3v) is 3.57. The van der Waals surface area contributed by atoms with Gasteiger partial charge in [0.05, 0.1) is 5.02 Å². The summed E-state index contributed by atoms with van der Waals surface area (Å²) in [7, 11) is 0. The molecule has 1 heterocycles. The second-order valence-electron chi connectivity index (χ2n) is 3.18. The molecular formula is C9H6ClIN4O2. The summed E-state index contributed by atoms with van der Waals surface area (Å²) in [5.41, 5.74) is 0.682. The highest BCUT2D eigenvalue weighted by Gasteiger charge is 2.12. The van der Waals surface area contributed by atoms with Gasteiger partial charge in [-0.3, -0.25) is 4.79 Å². The number of aromatic nitrogens is 4. The molecule has 0 aliphatic rings. The molecule has 1 N–H and O–H groups in total. The summed E-state index contributed by atoms with van der Waals surface area (Å²) in [5.74, 6) is -0.624. The van der Waals surface area contributed by atoms with Crippen LogP contribution in [0, 0.1) is 3.57 Å². The van der Waals surface area contributed by atoms with Gasteiger partial charge in [-0.25, -0.2) is 4.68 Å². The van der Waals surface area contributed by atoms with Crippen LogP contribution in [0.3, 0.4) is 0 Å². The Bertz CT molecular complexity index is 572. The van der Waals surface area contributed by atoms with Crippen LogP contribution >= 0.6 is 34.2 Å². The average molecular weight is 365 g/mol. The largest absolute Gasteiger partial charge is 0.480 e. The van der Waals surface area contributed by atoms with Crippen LogP contribution in [0.15, 0.2) is 18.2 Å². The van der Waals surface area contributed by atoms with E-state index < -0.39 is 5.97 Å². The summed E-state index contributed by atoms with van der Waals surface area (Å²) in [6, 6.07) is 5.31. The van der Waals surface area contributed by atoms with Crippen molar-refractivity contribution in [1.82, 2.24) is 20.2 Å². The number of benzene rings is 1. The van der Waals surface area contributed by atoms with Gasteiger partial charge in [-0.2, -0.15) is 0 Å². The SMILES string of the molecule is O=C(O)Cn1nnnc1-c1ccc(I)c(Cl)c1. The van der Waals surface area contributed by atoms with Gasteiger partial charge in [0.2, 0.25) is 0 Å². The van der Waals surface area contributed by atoms with Crippen molar-refractivity contribution < 1.29 is 9.90 Å². The third kappa shape index (κ3) is 2.72. The molecule has 6 nitrogen and oxygen atoms in total. The lowest BCUT2D eigenvalue weighted by Gasteiger charge is -2.03. The Kier molecular flexibility index (Phi) is 3.57. The molecule has 0 saturated carbocycles. The number of hydrogen-bond donors (Lipinski definition) is 1. The number of rotatable bonds is 3. The quantitative estimate of drug-likeness (QED) is 0.838. The Hall–Kier alpha value is -1.22. The first-order valence-electron chi connectivity index (χ1n) is 4.51. The van der Waals surface area contributed by atoms with Crippen LogP contribution in [0.1, 0.15) is 0 Å². The van der Waals surface area contributed by atoms with Crippen molar-refractivity contribution in [3.05, 3.63) is 26.8 Å². The first-order valence-corrected chi connectivity index (χ1v) is 5.97. The second-order valence-corrected chi connectivity index (χ2v) is 4.75. The minimum Gasteiger partial charge on any atom is -0.480 e. The van der Waals surface area contributed by atoms with Crippen LogP contribution < -0.4 is 0 Å². The van der Waals surface area contributed by atoms with Crippen LogP contribution in [0.25, 0.3) is 11.4 Å². The highest BCUT2D eigenvalue weighted by Crippen LogP contribution is 2.24. The van der Waals surface area contributed by atoms with E-state index in [1.165, 1.54) is 4.68 Å². The van der Waals surface area contributed by atoms with Crippen LogP contribution in [0.5, 0.6) is 0 Å². The zero-order chi connectivity index (χ0) is 12.4. The molecule has 1 aromatic heterocycles. The van der Waals surface area contributed by atoms with E-state index in [0.717, 1.165) is 3.57 Å². The van der Waals surface area contributed by atoms with E-state index in [1.54, 1.807) is 12.1 Å². The van der Waals surface area contributed by atoms with Crippen LogP contribution in [-0.4, -0.2) is 31.3 Å². The maximum atomic E-state index is 10.6. The first kappa shape index (κ1) is 12.2. The van der Waals surface area contributed by atoms with E-state index in [4.69, 9.17) is 16.7 Å². The van der Waals surface area contributed by atoms with Crippen molar-refractivity contribution in [2.75, 3.05) is 0 Å². The molecule has 88 valence electrons. The average Bonchev–Trinajstić information content (AvgIpc) is 2.69. The summed E-state index contributed by atoms with van der Waals surface area (Å²) in [6.07, 6.45) is 0. The fraction of sp³-hybridized carbons (Fsp3) is 0.111. The number of aliphatic carboxylic acids is 1. The molecule has 0 bridgehead atoms. The molecule has 8 heteroatoms. The minimum atomic E-state index is -1.00. The van der Waals surface area contributed by atoms with Crippen LogP contribution in [0.4, 0.5) is 0 Å². The molecule has 2 rings (SSSR count). The molecule has 0 unspecified atom stereocenters. The fourth-order valence-electron chi connectivity index (χ4n) is 1.28. The van der Waals surface area contributed by atoms with Gasteiger partial charge in [-0.05, 0) is 51.2 Å². The number of hydrogen-bond acceptors (Lipinski definition) is 4. The molecule has 0 spiro atoms. The highest BCUT2D eigenvalue weighted by atomic mass is 127. The number of carbonyl (C=O) groups is 1. The van der Waals surface area contributed by atoms with E-state index in [2.05, 4.69) is 38.1 Å². The molecule has 0 fully saturated rings. The molecule has 0 aliphatic heterocycles. The molecule has 0 saturated heterocycles. The highest BCUT2D eigenvalue weighted by molar-refractivity contribution is 14.1. The summed E-state index contributed by atoms with van der Waals surface area (Å²) in [4.78, 5) is 10.6. The van der Waals surface area contributed by atoms with Gasteiger partial charge in [0.1, 0.15) is 6.54 Å². The standard InChI is InChI=1S/C9H6ClIN4O2/c10-6-3-5(1-2-7(6)11)9-12-13-14-15(9)4-8(16)17/h1-3H,4H2,(H,16,17). The van der Waals surface area contributed by atoms with E-state index in [1.807, 2.05) is 6.07 Å². The van der Waals surface area contributed by atoms with Crippen LogP contribution in [0.2, 0.25) is 5.02 Å². The Morgan fingerprint density at radius 3 is 2.94 bits per heavy atom. The van der Waals surface area contributed by atoms with Crippen molar-refractivity contribution in [1.29, 1.82) is 0 Å². The summed E-state index contributed by atoms with van der Waals surface area (Å²) in [6.45, 7) is -0.286. The minimum absolute atomic E-state index is 0.286. The van der Waals surface area contributed by atoms with E-state index >= 15 is 0 Å². The predicted molar refractivity (Wildman–Crippen MR) is 68.6 cm³/mol. The summed E-state index contributed by atoms with van der Waals surface area (Å²) < 4.78 is 2.12. The summed E-state index contributed by atoms with van der Waals surface area (Å²) in [5, 5.41) is 20.1. The van der Waals surface area contributed by atoms with E-state index in [0.29, 0.717) is 16.4 Å². The van der Waals surface area contributed by atoms with E-state index in [9.17, 15) is 4.79 Å². The molecule has 0 radical (unpaired) electrons. The molecule has 0 aliphatic carbocycles. The van der Waals surface area contributed by atoms with Crippen molar-refractivity contribution in [2.45, 2.75) is 6.54 Å². The lowest BCUT2D eigenvalue weighted by Crippen LogP contribution is -2.11. The number of carboxylic acid groups (broad SMARTS) is 1. The molecule has 17 heavy (non-hydrogen) atoms. The van der Waals surface area contributed by atoms with Gasteiger partial charge in [0, 0.05) is 9.13 Å². The van der Waals surface area contributed by atoms with Gasteiger partial charge in [-0.15, -0.1) is 5.10 Å². The lowest BCUT2D eigenvalue weighted by atomic mass is 10.2. The van der Waals surface area contributed by atoms with Gasteiger partial charge < -0.3 is 5.11 Å². The van der Waals surface area contributed by atoms with Crippen molar-refractivity contribution in [3.8, 4) is 11.4 Å². The number of tetrazole rings is 1. The number of halogens is 2. The molecule has 2 aromatic rings. The molecular weight excluding hydrogens is 358 g/mol. The van der Waals surface area contributed by atoms with Gasteiger partial charge in [0.25, 0.3) is 0 Å². The maximum Gasteiger partial charge on any atom is 0.325 e. The van der Waals surface area contributed by atoms with E-state index in [-0.39, 0.29) is 6.54 Å². The topological polar surface area (TPSA) is 80.9 Å². The zero-order valence-corrected chi connectivity index (χ0v) is 11.3. The Balaban J connectivity index is 2.42. The second kappa shape index (κ2) is 4.96. The Morgan fingerprint density at radius 1 is 1.53 bits per heavy atom. The van der Waals surface area contributed by atoms with Crippen molar-refractivity contribution in [2.24, 2.45) is 0 Å². The van der Waals surface area contributed by atoms with Gasteiger partial charge >= 0.3 is 5.97 Å². The smallest absolute Gasteiger partial charge is 0.325 e. The van der Waals surface area contributed by atoms with Crippen molar-refractivity contribution >= 4 is 40.2 Å². The number of carboxylic acids is 1. The first-order chi connectivity index (χ1) is 8.08. The fourth-order valence-corrected chi connectivity index (χ4v) is 1.80. The molecule has 1 aromatic carbocycles. The third-order valence-electron chi connectivity index (χ3n) is 1.99. The van der Waals surface area contributed by atoms with Crippen LogP contribution in [-0.2, 0) is 11.3 Å². The number of nitrogens with zero attached hydrogens (tertiary/aromatic N) is 4. The maximum absolute atomic E-state index is 10.6.